The summed E-state index contributed by atoms with van der Waals surface area (Å²) in [5.74, 6) is 0.226. The number of carbonyl (C=O) groups is 1. The van der Waals surface area contributed by atoms with E-state index in [4.69, 9.17) is 4.74 Å². The number of alkyl halides is 3. The highest BCUT2D eigenvalue weighted by Crippen LogP contribution is 2.33. The fourth-order valence-corrected chi connectivity index (χ4v) is 2.72. The molecule has 1 heterocycles. The van der Waals surface area contributed by atoms with Gasteiger partial charge < -0.3 is 14.7 Å². The van der Waals surface area contributed by atoms with Gasteiger partial charge in [-0.15, -0.1) is 0 Å². The lowest BCUT2D eigenvalue weighted by Gasteiger charge is -2.21. The molecule has 0 unspecified atom stereocenters. The van der Waals surface area contributed by atoms with Gasteiger partial charge in [0.05, 0.1) is 17.9 Å². The monoisotopic (exact) mass is 389 g/mol. The first-order valence-corrected chi connectivity index (χ1v) is 8.55. The Bertz CT molecular complexity index is 732. The lowest BCUT2D eigenvalue weighted by molar-refractivity contribution is -0.137. The molecule has 6 nitrogen and oxygen atoms in total. The Kier molecular flexibility index (Phi) is 6.43. The predicted molar refractivity (Wildman–Crippen MR) is 91.6 cm³/mol. The Labute approximate surface area is 152 Å². The number of rotatable bonds is 6. The van der Waals surface area contributed by atoms with E-state index in [9.17, 15) is 23.1 Å². The number of anilines is 1. The molecule has 0 aliphatic carbocycles. The van der Waals surface area contributed by atoms with Crippen LogP contribution in [0.5, 0.6) is 10.8 Å². The summed E-state index contributed by atoms with van der Waals surface area (Å²) in [4.78, 5) is 17.5. The molecule has 2 amide bonds. The molecule has 1 atom stereocenters. The number of aromatic nitrogens is 1. The Morgan fingerprint density at radius 1 is 1.38 bits per heavy atom. The Morgan fingerprint density at radius 2 is 2.04 bits per heavy atom. The van der Waals surface area contributed by atoms with Crippen molar-refractivity contribution in [2.45, 2.75) is 26.1 Å². The number of likely N-dealkylation sites (N-methyl/N-ethyl adjacent to an activating group) is 1. The molecule has 2 N–H and O–H groups in total. The molecule has 2 rings (SSSR count). The minimum atomic E-state index is -4.41. The van der Waals surface area contributed by atoms with Crippen LogP contribution in [0, 0.1) is 0 Å². The summed E-state index contributed by atoms with van der Waals surface area (Å²) >= 11 is 1.04. The molecule has 0 aliphatic heterocycles. The highest BCUT2D eigenvalue weighted by molar-refractivity contribution is 7.17. The molecular formula is C16H18F3N3O3S. The van der Waals surface area contributed by atoms with Crippen molar-refractivity contribution in [3.8, 4) is 10.8 Å². The fraction of sp³-hybridized carbons (Fsp3) is 0.375. The van der Waals surface area contributed by atoms with E-state index in [0.717, 1.165) is 23.5 Å². The number of nitrogens with zero attached hydrogens (tertiary/aromatic N) is 2. The van der Waals surface area contributed by atoms with Crippen LogP contribution in [0.25, 0.3) is 0 Å². The topological polar surface area (TPSA) is 74.7 Å². The lowest BCUT2D eigenvalue weighted by atomic mass is 10.2. The third kappa shape index (κ3) is 5.60. The van der Waals surface area contributed by atoms with Gasteiger partial charge in [0.1, 0.15) is 5.75 Å². The third-order valence-electron chi connectivity index (χ3n) is 3.25. The highest BCUT2D eigenvalue weighted by atomic mass is 32.1. The van der Waals surface area contributed by atoms with Gasteiger partial charge in [-0.2, -0.15) is 13.2 Å². The van der Waals surface area contributed by atoms with Gasteiger partial charge in [0.25, 0.3) is 0 Å². The lowest BCUT2D eigenvalue weighted by Crippen LogP contribution is -2.39. The van der Waals surface area contributed by atoms with Gasteiger partial charge >= 0.3 is 12.2 Å². The maximum absolute atomic E-state index is 12.5. The third-order valence-corrected chi connectivity index (χ3v) is 4.04. The molecule has 1 aromatic heterocycles. The summed E-state index contributed by atoms with van der Waals surface area (Å²) in [5, 5.41) is 12.6. The normalized spacial score (nSPS) is 12.5. The Morgan fingerprint density at radius 3 is 2.58 bits per heavy atom. The van der Waals surface area contributed by atoms with Crippen LogP contribution >= 0.6 is 11.3 Å². The molecule has 0 saturated heterocycles. The molecule has 0 aliphatic rings. The van der Waals surface area contributed by atoms with Gasteiger partial charge in [0, 0.05) is 13.1 Å². The first-order valence-electron chi connectivity index (χ1n) is 7.74. The van der Waals surface area contributed by atoms with Crippen LogP contribution in [-0.2, 0) is 6.18 Å². The van der Waals surface area contributed by atoms with E-state index < -0.39 is 23.9 Å². The largest absolute Gasteiger partial charge is 0.445 e. The maximum atomic E-state index is 12.5. The van der Waals surface area contributed by atoms with Crippen LogP contribution < -0.4 is 10.1 Å². The first-order chi connectivity index (χ1) is 12.2. The highest BCUT2D eigenvalue weighted by Gasteiger charge is 2.30. The number of hydrogen-bond donors (Lipinski definition) is 2. The quantitative estimate of drug-likeness (QED) is 0.777. The molecule has 0 radical (unpaired) electrons. The van der Waals surface area contributed by atoms with Crippen LogP contribution in [0.15, 0.2) is 30.5 Å². The van der Waals surface area contributed by atoms with Crippen molar-refractivity contribution < 1.29 is 27.8 Å². The smallest absolute Gasteiger partial charge is 0.416 e. The number of aliphatic hydroxyl groups excluding tert-OH is 1. The summed E-state index contributed by atoms with van der Waals surface area (Å²) < 4.78 is 43.1. The average molecular weight is 389 g/mol. The van der Waals surface area contributed by atoms with Gasteiger partial charge in [0.15, 0.2) is 5.13 Å². The van der Waals surface area contributed by atoms with Crippen LogP contribution in [-0.4, -0.2) is 40.2 Å². The summed E-state index contributed by atoms with van der Waals surface area (Å²) in [6, 6.07) is 3.86. The summed E-state index contributed by atoms with van der Waals surface area (Å²) in [6.45, 7) is 3.96. The van der Waals surface area contributed by atoms with Crippen molar-refractivity contribution in [3.05, 3.63) is 36.0 Å². The van der Waals surface area contributed by atoms with Crippen molar-refractivity contribution in [2.24, 2.45) is 0 Å². The second-order valence-electron chi connectivity index (χ2n) is 5.43. The number of urea groups is 1. The number of thiazole rings is 1. The average Bonchev–Trinajstić information content (AvgIpc) is 2.98. The van der Waals surface area contributed by atoms with E-state index in [1.54, 1.807) is 13.8 Å². The van der Waals surface area contributed by atoms with Crippen molar-refractivity contribution in [1.82, 2.24) is 9.88 Å². The van der Waals surface area contributed by atoms with Gasteiger partial charge in [-0.3, -0.25) is 5.32 Å². The number of amides is 2. The van der Waals surface area contributed by atoms with Crippen molar-refractivity contribution in [2.75, 3.05) is 18.4 Å². The van der Waals surface area contributed by atoms with Crippen LogP contribution in [0.1, 0.15) is 19.4 Å². The number of aliphatic hydroxyl groups is 1. The zero-order valence-corrected chi connectivity index (χ0v) is 14.9. The van der Waals surface area contributed by atoms with Gasteiger partial charge in [0.2, 0.25) is 5.06 Å². The Balaban J connectivity index is 1.98. The van der Waals surface area contributed by atoms with Crippen molar-refractivity contribution >= 4 is 22.5 Å². The second-order valence-corrected chi connectivity index (χ2v) is 6.42. The van der Waals surface area contributed by atoms with Crippen LogP contribution in [0.2, 0.25) is 0 Å². The van der Waals surface area contributed by atoms with Crippen molar-refractivity contribution in [3.63, 3.8) is 0 Å². The van der Waals surface area contributed by atoms with Gasteiger partial charge in [-0.25, -0.2) is 9.78 Å². The number of benzene rings is 1. The maximum Gasteiger partial charge on any atom is 0.416 e. The van der Waals surface area contributed by atoms with Crippen LogP contribution in [0.3, 0.4) is 0 Å². The minimum absolute atomic E-state index is 0.183. The second kappa shape index (κ2) is 8.37. The Hall–Kier alpha value is -2.33. The van der Waals surface area contributed by atoms with Crippen LogP contribution in [0.4, 0.5) is 23.1 Å². The zero-order valence-electron chi connectivity index (χ0n) is 14.1. The van der Waals surface area contributed by atoms with Crippen molar-refractivity contribution in [1.29, 1.82) is 0 Å². The number of nitrogens with one attached hydrogen (secondary N) is 1. The van der Waals surface area contributed by atoms with E-state index in [1.165, 1.54) is 23.2 Å². The number of halogens is 3. The molecule has 0 fully saturated rings. The van der Waals surface area contributed by atoms with E-state index in [0.29, 0.717) is 11.6 Å². The van der Waals surface area contributed by atoms with Gasteiger partial charge in [-0.1, -0.05) is 11.3 Å². The number of hydrogen-bond acceptors (Lipinski definition) is 5. The first kappa shape index (κ1) is 20.0. The molecular weight excluding hydrogens is 371 g/mol. The standard InChI is InChI=1S/C16H18F3N3O3S/c1-3-22(9-10(2)23)15(24)21-14-20-8-13(26-14)25-12-6-4-11(5-7-12)16(17,18)19/h4-8,10,23H,3,9H2,1-2H3,(H,20,21,24)/t10-/m0/s1. The van der Waals surface area contributed by atoms with Gasteiger partial charge in [-0.05, 0) is 38.1 Å². The van der Waals surface area contributed by atoms with E-state index in [-0.39, 0.29) is 17.4 Å². The fourth-order valence-electron chi connectivity index (χ4n) is 2.04. The zero-order chi connectivity index (χ0) is 19.3. The summed E-state index contributed by atoms with van der Waals surface area (Å²) in [5.41, 5.74) is -0.764. The summed E-state index contributed by atoms with van der Waals surface area (Å²) in [7, 11) is 0. The molecule has 0 spiro atoms. The SMILES string of the molecule is CCN(C[C@H](C)O)C(=O)Nc1ncc(Oc2ccc(C(F)(F)F)cc2)s1. The van der Waals surface area contributed by atoms with E-state index >= 15 is 0 Å². The number of carbonyl (C=O) groups excluding carboxylic acids is 1. The molecule has 1 aromatic carbocycles. The number of ether oxygens (including phenoxy) is 1. The summed E-state index contributed by atoms with van der Waals surface area (Å²) in [6.07, 6.45) is -3.70. The molecule has 2 aromatic rings. The van der Waals surface area contributed by atoms with E-state index in [2.05, 4.69) is 10.3 Å². The predicted octanol–water partition coefficient (Wildman–Crippen LogP) is 4.19. The molecule has 0 saturated carbocycles. The molecule has 142 valence electrons. The minimum Gasteiger partial charge on any atom is -0.445 e. The molecule has 10 heteroatoms. The molecule has 26 heavy (non-hydrogen) atoms. The molecule has 0 bridgehead atoms. The van der Waals surface area contributed by atoms with E-state index in [1.807, 2.05) is 0 Å².